The quantitative estimate of drug-likeness (QED) is 0.679. The van der Waals surface area contributed by atoms with Crippen molar-refractivity contribution < 1.29 is 17.9 Å². The Morgan fingerprint density at radius 2 is 2.03 bits per heavy atom. The molecule has 1 amide bonds. The van der Waals surface area contributed by atoms with Crippen LogP contribution in [-0.2, 0) is 21.2 Å². The van der Waals surface area contributed by atoms with Crippen molar-refractivity contribution in [3.8, 4) is 5.75 Å². The van der Waals surface area contributed by atoms with Gasteiger partial charge in [0.25, 0.3) is 0 Å². The van der Waals surface area contributed by atoms with Crippen LogP contribution in [0.2, 0.25) is 0 Å². The van der Waals surface area contributed by atoms with E-state index >= 15 is 0 Å². The summed E-state index contributed by atoms with van der Waals surface area (Å²) in [7, 11) is -0.938. The number of anilines is 2. The molecule has 3 rings (SSSR count). The van der Waals surface area contributed by atoms with Gasteiger partial charge in [-0.25, -0.2) is 13.1 Å². The lowest BCUT2D eigenvalue weighted by molar-refractivity contribution is -0.111. The Hall–Kier alpha value is -2.84. The Labute approximate surface area is 171 Å². The monoisotopic (exact) mass is 415 g/mol. The molecule has 0 aliphatic carbocycles. The zero-order chi connectivity index (χ0) is 21.0. The maximum absolute atomic E-state index is 12.3. The maximum Gasteiger partial charge on any atom is 0.248 e. The minimum Gasteiger partial charge on any atom is -0.495 e. The molecule has 154 valence electrons. The third kappa shape index (κ3) is 4.60. The number of methoxy groups -OCH3 is 1. The number of fused-ring (bicyclic) bond motifs is 1. The van der Waals surface area contributed by atoms with Crippen molar-refractivity contribution in [1.82, 2.24) is 4.72 Å². The summed E-state index contributed by atoms with van der Waals surface area (Å²) < 4.78 is 31.7. The van der Waals surface area contributed by atoms with Crippen LogP contribution < -0.4 is 19.7 Å². The van der Waals surface area contributed by atoms with Crippen LogP contribution in [0.3, 0.4) is 0 Å². The van der Waals surface area contributed by atoms with Crippen molar-refractivity contribution in [2.75, 3.05) is 37.5 Å². The van der Waals surface area contributed by atoms with E-state index < -0.39 is 10.0 Å². The van der Waals surface area contributed by atoms with Crippen LogP contribution in [0.5, 0.6) is 5.75 Å². The fraction of sp³-hybridized carbons (Fsp3) is 0.286. The molecular weight excluding hydrogens is 390 g/mol. The van der Waals surface area contributed by atoms with E-state index in [0.29, 0.717) is 5.56 Å². The topological polar surface area (TPSA) is 87.7 Å². The predicted molar refractivity (Wildman–Crippen MR) is 115 cm³/mol. The molecule has 0 saturated carbocycles. The molecule has 0 fully saturated rings. The first-order valence-corrected chi connectivity index (χ1v) is 10.8. The molecule has 0 atom stereocenters. The molecule has 0 saturated heterocycles. The number of benzene rings is 2. The fourth-order valence-corrected chi connectivity index (χ4v) is 4.25. The molecular formula is C21H25N3O4S. The summed E-state index contributed by atoms with van der Waals surface area (Å²) in [5, 5.41) is 2.86. The molecule has 2 aromatic rings. The average Bonchev–Trinajstić information content (AvgIpc) is 3.14. The molecule has 0 unspecified atom stereocenters. The van der Waals surface area contributed by atoms with Crippen LogP contribution in [0.15, 0.2) is 47.4 Å². The van der Waals surface area contributed by atoms with E-state index in [2.05, 4.69) is 21.9 Å². The van der Waals surface area contributed by atoms with Crippen LogP contribution >= 0.6 is 0 Å². The molecule has 1 aliphatic heterocycles. The summed E-state index contributed by atoms with van der Waals surface area (Å²) in [4.78, 5) is 14.6. The number of rotatable bonds is 7. The number of hydrogen-bond donors (Lipinski definition) is 2. The molecule has 0 bridgehead atoms. The number of hydrogen-bond acceptors (Lipinski definition) is 5. The molecule has 7 nitrogen and oxygen atoms in total. The van der Waals surface area contributed by atoms with Gasteiger partial charge in [-0.2, -0.15) is 0 Å². The minimum atomic E-state index is -3.68. The van der Waals surface area contributed by atoms with Crippen LogP contribution in [0, 0.1) is 0 Å². The Balaban J connectivity index is 1.76. The van der Waals surface area contributed by atoms with Crippen molar-refractivity contribution in [3.05, 3.63) is 53.6 Å². The van der Waals surface area contributed by atoms with Crippen molar-refractivity contribution in [2.45, 2.75) is 18.2 Å². The highest BCUT2D eigenvalue weighted by atomic mass is 32.2. The van der Waals surface area contributed by atoms with Crippen LogP contribution in [-0.4, -0.2) is 41.6 Å². The molecule has 2 N–H and O–H groups in total. The Morgan fingerprint density at radius 3 is 2.72 bits per heavy atom. The van der Waals surface area contributed by atoms with Crippen molar-refractivity contribution >= 4 is 33.4 Å². The summed E-state index contributed by atoms with van der Waals surface area (Å²) in [6, 6.07) is 10.6. The van der Waals surface area contributed by atoms with E-state index in [1.54, 1.807) is 18.2 Å². The lowest BCUT2D eigenvalue weighted by Gasteiger charge is -2.17. The molecule has 0 aromatic heterocycles. The Bertz CT molecular complexity index is 1050. The largest absolute Gasteiger partial charge is 0.495 e. The van der Waals surface area contributed by atoms with Gasteiger partial charge in [0.15, 0.2) is 0 Å². The second kappa shape index (κ2) is 8.67. The highest BCUT2D eigenvalue weighted by Crippen LogP contribution is 2.30. The molecule has 0 spiro atoms. The number of amides is 1. The first-order chi connectivity index (χ1) is 13.9. The van der Waals surface area contributed by atoms with Gasteiger partial charge in [0, 0.05) is 30.5 Å². The molecule has 0 radical (unpaired) electrons. The minimum absolute atomic E-state index is 0.0170. The van der Waals surface area contributed by atoms with Gasteiger partial charge in [-0.05, 0) is 61.9 Å². The van der Waals surface area contributed by atoms with Crippen LogP contribution in [0.25, 0.3) is 6.08 Å². The van der Waals surface area contributed by atoms with Crippen LogP contribution in [0.1, 0.15) is 18.1 Å². The third-order valence-corrected chi connectivity index (χ3v) is 6.33. The smallest absolute Gasteiger partial charge is 0.248 e. The second-order valence-electron chi connectivity index (χ2n) is 6.61. The molecule has 2 aromatic carbocycles. The molecule has 1 heterocycles. The standard InChI is InChI=1S/C21H25N3O4S/c1-4-24-12-11-16-7-8-17(14-18(16)24)23-21(25)10-6-15-5-9-19(28-3)20(13-15)29(26,27)22-2/h5-10,13-14,22H,4,11-12H2,1-3H3,(H,23,25)/b10-6+. The average molecular weight is 416 g/mol. The van der Waals surface area contributed by atoms with Gasteiger partial charge in [-0.1, -0.05) is 12.1 Å². The number of sulfonamides is 1. The highest BCUT2D eigenvalue weighted by molar-refractivity contribution is 7.89. The number of likely N-dealkylation sites (N-methyl/N-ethyl adjacent to an activating group) is 1. The van der Waals surface area contributed by atoms with Gasteiger partial charge in [-0.15, -0.1) is 0 Å². The van der Waals surface area contributed by atoms with Crippen molar-refractivity contribution in [2.24, 2.45) is 0 Å². The highest BCUT2D eigenvalue weighted by Gasteiger charge is 2.19. The van der Waals surface area contributed by atoms with E-state index in [1.165, 1.54) is 31.9 Å². The van der Waals surface area contributed by atoms with E-state index in [-0.39, 0.29) is 16.6 Å². The zero-order valence-corrected chi connectivity index (χ0v) is 17.5. The third-order valence-electron chi connectivity index (χ3n) is 4.90. The predicted octanol–water partition coefficient (Wildman–Crippen LogP) is 2.64. The summed E-state index contributed by atoms with van der Waals surface area (Å²) in [5.74, 6) is -0.0561. The van der Waals surface area contributed by atoms with E-state index in [1.807, 2.05) is 18.2 Å². The van der Waals surface area contributed by atoms with Gasteiger partial charge in [-0.3, -0.25) is 4.79 Å². The summed E-state index contributed by atoms with van der Waals surface area (Å²) in [6.07, 6.45) is 3.96. The maximum atomic E-state index is 12.3. The van der Waals surface area contributed by atoms with Gasteiger partial charge in [0.2, 0.25) is 15.9 Å². The number of carbonyl (C=O) groups excluding carboxylic acids is 1. The molecule has 29 heavy (non-hydrogen) atoms. The summed E-state index contributed by atoms with van der Waals surface area (Å²) >= 11 is 0. The normalized spacial score (nSPS) is 13.6. The zero-order valence-electron chi connectivity index (χ0n) is 16.7. The van der Waals surface area contributed by atoms with Gasteiger partial charge in [0.05, 0.1) is 7.11 Å². The number of carbonyl (C=O) groups is 1. The van der Waals surface area contributed by atoms with Gasteiger partial charge >= 0.3 is 0 Å². The molecule has 8 heteroatoms. The SMILES string of the molecule is CCN1CCc2ccc(NC(=O)/C=C/c3ccc(OC)c(S(=O)(=O)NC)c3)cc21. The number of nitrogens with one attached hydrogen (secondary N) is 2. The lowest BCUT2D eigenvalue weighted by Crippen LogP contribution is -2.19. The van der Waals surface area contributed by atoms with E-state index in [9.17, 15) is 13.2 Å². The summed E-state index contributed by atoms with van der Waals surface area (Å²) in [6.45, 7) is 4.04. The van der Waals surface area contributed by atoms with E-state index in [0.717, 1.165) is 30.9 Å². The number of ether oxygens (including phenoxy) is 1. The van der Waals surface area contributed by atoms with Crippen molar-refractivity contribution in [3.63, 3.8) is 0 Å². The molecule has 1 aliphatic rings. The Kier molecular flexibility index (Phi) is 6.24. The lowest BCUT2D eigenvalue weighted by atomic mass is 10.1. The van der Waals surface area contributed by atoms with Gasteiger partial charge < -0.3 is 15.0 Å². The fourth-order valence-electron chi connectivity index (χ4n) is 3.32. The first-order valence-electron chi connectivity index (χ1n) is 9.36. The van der Waals surface area contributed by atoms with Crippen molar-refractivity contribution in [1.29, 1.82) is 0 Å². The first kappa shape index (κ1) is 20.9. The van der Waals surface area contributed by atoms with Crippen LogP contribution in [0.4, 0.5) is 11.4 Å². The second-order valence-corrected chi connectivity index (χ2v) is 8.47. The Morgan fingerprint density at radius 1 is 1.24 bits per heavy atom. The number of nitrogens with zero attached hydrogens (tertiary/aromatic N) is 1. The van der Waals surface area contributed by atoms with Gasteiger partial charge in [0.1, 0.15) is 10.6 Å². The van der Waals surface area contributed by atoms with E-state index in [4.69, 9.17) is 4.74 Å². The summed E-state index contributed by atoms with van der Waals surface area (Å²) in [5.41, 5.74) is 3.75.